The monoisotopic (exact) mass is 228 g/mol. The first-order valence-corrected chi connectivity index (χ1v) is 5.58. The second kappa shape index (κ2) is 5.39. The lowest BCUT2D eigenvalue weighted by atomic mass is 10.1. The average Bonchev–Trinajstić information content (AvgIpc) is 2.89. The molecule has 17 heavy (non-hydrogen) atoms. The molecule has 0 atom stereocenters. The van der Waals surface area contributed by atoms with E-state index in [1.54, 1.807) is 14.2 Å². The highest BCUT2D eigenvalue weighted by Crippen LogP contribution is 2.24. The number of benzene rings is 1. The Labute approximate surface area is 102 Å². The number of ether oxygens (including phenoxy) is 2. The van der Waals surface area contributed by atoms with Gasteiger partial charge in [0, 0.05) is 12.0 Å². The number of hydrogen-bond donors (Lipinski definition) is 0. The van der Waals surface area contributed by atoms with E-state index in [1.807, 2.05) is 18.2 Å². The van der Waals surface area contributed by atoms with Crippen LogP contribution in [-0.4, -0.2) is 14.2 Å². The summed E-state index contributed by atoms with van der Waals surface area (Å²) in [5.41, 5.74) is 1.08. The Hall–Kier alpha value is -1.96. The molecule has 1 aromatic rings. The van der Waals surface area contributed by atoms with Crippen LogP contribution < -0.4 is 9.47 Å². The predicted molar refractivity (Wildman–Crippen MR) is 70.4 cm³/mol. The van der Waals surface area contributed by atoms with Crippen molar-refractivity contribution in [1.82, 2.24) is 0 Å². The highest BCUT2D eigenvalue weighted by molar-refractivity contribution is 5.56. The summed E-state index contributed by atoms with van der Waals surface area (Å²) in [6.45, 7) is 0. The smallest absolute Gasteiger partial charge is 0.123 e. The molecule has 0 saturated carbocycles. The zero-order chi connectivity index (χ0) is 12.1. The van der Waals surface area contributed by atoms with E-state index in [4.69, 9.17) is 9.47 Å². The van der Waals surface area contributed by atoms with Gasteiger partial charge in [-0.3, -0.25) is 0 Å². The second-order valence-corrected chi connectivity index (χ2v) is 3.85. The summed E-state index contributed by atoms with van der Waals surface area (Å²) in [6, 6.07) is 5.84. The van der Waals surface area contributed by atoms with Crippen LogP contribution in [0.15, 0.2) is 48.6 Å². The first-order valence-electron chi connectivity index (χ1n) is 5.58. The molecule has 1 aliphatic rings. The molecule has 0 amide bonds. The Morgan fingerprint density at radius 1 is 0.941 bits per heavy atom. The third-order valence-corrected chi connectivity index (χ3v) is 2.66. The Balaban J connectivity index is 2.19. The van der Waals surface area contributed by atoms with Gasteiger partial charge in [-0.05, 0) is 17.7 Å². The molecule has 0 spiro atoms. The van der Waals surface area contributed by atoms with Crippen LogP contribution in [0.5, 0.6) is 11.5 Å². The van der Waals surface area contributed by atoms with Gasteiger partial charge in [-0.15, -0.1) is 0 Å². The van der Waals surface area contributed by atoms with Crippen molar-refractivity contribution in [2.24, 2.45) is 5.92 Å². The predicted octanol–water partition coefficient (Wildman–Crippen LogP) is 3.46. The van der Waals surface area contributed by atoms with Crippen LogP contribution in [-0.2, 0) is 0 Å². The van der Waals surface area contributed by atoms with Crippen LogP contribution in [0.3, 0.4) is 0 Å². The van der Waals surface area contributed by atoms with E-state index in [2.05, 4.69) is 36.5 Å². The zero-order valence-electron chi connectivity index (χ0n) is 10.1. The topological polar surface area (TPSA) is 18.5 Å². The van der Waals surface area contributed by atoms with Gasteiger partial charge in [0.1, 0.15) is 11.5 Å². The van der Waals surface area contributed by atoms with Gasteiger partial charge >= 0.3 is 0 Å². The quantitative estimate of drug-likeness (QED) is 0.785. The Kier molecular flexibility index (Phi) is 3.66. The molecule has 0 bridgehead atoms. The van der Waals surface area contributed by atoms with E-state index in [-0.39, 0.29) is 0 Å². The van der Waals surface area contributed by atoms with Crippen molar-refractivity contribution >= 4 is 6.08 Å². The largest absolute Gasteiger partial charge is 0.497 e. The van der Waals surface area contributed by atoms with Crippen LogP contribution in [0, 0.1) is 5.92 Å². The van der Waals surface area contributed by atoms with Gasteiger partial charge in [-0.2, -0.15) is 0 Å². The van der Waals surface area contributed by atoms with Gasteiger partial charge in [0.15, 0.2) is 0 Å². The minimum absolute atomic E-state index is 0.396. The number of methoxy groups -OCH3 is 2. The van der Waals surface area contributed by atoms with Crippen molar-refractivity contribution in [3.05, 3.63) is 54.1 Å². The van der Waals surface area contributed by atoms with E-state index < -0.39 is 0 Å². The van der Waals surface area contributed by atoms with Crippen LogP contribution in [0.2, 0.25) is 0 Å². The molecule has 2 rings (SSSR count). The van der Waals surface area contributed by atoms with Crippen molar-refractivity contribution in [2.75, 3.05) is 14.2 Å². The van der Waals surface area contributed by atoms with Crippen molar-refractivity contribution in [2.45, 2.75) is 0 Å². The summed E-state index contributed by atoms with van der Waals surface area (Å²) in [5, 5.41) is 0. The maximum absolute atomic E-state index is 5.23. The Morgan fingerprint density at radius 2 is 1.53 bits per heavy atom. The molecule has 0 aromatic heterocycles. The van der Waals surface area contributed by atoms with Crippen LogP contribution in [0.1, 0.15) is 5.56 Å². The molecule has 0 heterocycles. The summed E-state index contributed by atoms with van der Waals surface area (Å²) in [5.74, 6) is 2.01. The second-order valence-electron chi connectivity index (χ2n) is 3.85. The minimum Gasteiger partial charge on any atom is -0.497 e. The highest BCUT2D eigenvalue weighted by atomic mass is 16.5. The fraction of sp³-hybridized carbons (Fsp3) is 0.200. The van der Waals surface area contributed by atoms with Gasteiger partial charge in [-0.1, -0.05) is 36.5 Å². The van der Waals surface area contributed by atoms with Crippen molar-refractivity contribution in [3.8, 4) is 11.5 Å². The summed E-state index contributed by atoms with van der Waals surface area (Å²) in [7, 11) is 3.31. The van der Waals surface area contributed by atoms with Gasteiger partial charge in [0.25, 0.3) is 0 Å². The first-order chi connectivity index (χ1) is 8.31. The molecule has 0 radical (unpaired) electrons. The normalized spacial score (nSPS) is 14.7. The molecule has 1 aliphatic carbocycles. The molecule has 0 saturated heterocycles. The fourth-order valence-electron chi connectivity index (χ4n) is 1.73. The van der Waals surface area contributed by atoms with Crippen molar-refractivity contribution < 1.29 is 9.47 Å². The van der Waals surface area contributed by atoms with Gasteiger partial charge in [0.2, 0.25) is 0 Å². The number of rotatable bonds is 4. The molecule has 1 aromatic carbocycles. The van der Waals surface area contributed by atoms with Crippen molar-refractivity contribution in [1.29, 1.82) is 0 Å². The van der Waals surface area contributed by atoms with Gasteiger partial charge < -0.3 is 9.47 Å². The van der Waals surface area contributed by atoms with Crippen LogP contribution >= 0.6 is 0 Å². The summed E-state index contributed by atoms with van der Waals surface area (Å²) in [6.07, 6.45) is 12.6. The SMILES string of the molecule is COc1cc(/C=C/C2C=CC=C2)cc(OC)c1. The van der Waals surface area contributed by atoms with E-state index in [9.17, 15) is 0 Å². The Morgan fingerprint density at radius 3 is 2.06 bits per heavy atom. The van der Waals surface area contributed by atoms with Gasteiger partial charge in [-0.25, -0.2) is 0 Å². The molecular weight excluding hydrogens is 212 g/mol. The molecule has 88 valence electrons. The fourth-order valence-corrected chi connectivity index (χ4v) is 1.73. The minimum atomic E-state index is 0.396. The van der Waals surface area contributed by atoms with Crippen LogP contribution in [0.4, 0.5) is 0 Å². The third-order valence-electron chi connectivity index (χ3n) is 2.66. The van der Waals surface area contributed by atoms with Crippen molar-refractivity contribution in [3.63, 3.8) is 0 Å². The molecule has 0 fully saturated rings. The lowest BCUT2D eigenvalue weighted by molar-refractivity contribution is 0.394. The maximum atomic E-state index is 5.23. The average molecular weight is 228 g/mol. The standard InChI is InChI=1S/C15H16O2/c1-16-14-9-13(10-15(11-14)17-2)8-7-12-5-3-4-6-12/h3-12H,1-2H3/b8-7+. The molecule has 2 nitrogen and oxygen atoms in total. The molecule has 0 N–H and O–H groups in total. The number of hydrogen-bond acceptors (Lipinski definition) is 2. The lowest BCUT2D eigenvalue weighted by Gasteiger charge is -2.06. The van der Waals surface area contributed by atoms with E-state index in [0.29, 0.717) is 5.92 Å². The van der Waals surface area contributed by atoms with Crippen LogP contribution in [0.25, 0.3) is 6.08 Å². The third kappa shape index (κ3) is 3.00. The molecule has 2 heteroatoms. The molecule has 0 unspecified atom stereocenters. The van der Waals surface area contributed by atoms with E-state index >= 15 is 0 Å². The summed E-state index contributed by atoms with van der Waals surface area (Å²) < 4.78 is 10.5. The summed E-state index contributed by atoms with van der Waals surface area (Å²) in [4.78, 5) is 0. The zero-order valence-corrected chi connectivity index (χ0v) is 10.1. The van der Waals surface area contributed by atoms with E-state index in [0.717, 1.165) is 17.1 Å². The Bertz CT molecular complexity index is 436. The first kappa shape index (κ1) is 11.5. The van der Waals surface area contributed by atoms with E-state index in [1.165, 1.54) is 0 Å². The highest BCUT2D eigenvalue weighted by Gasteiger charge is 2.01. The van der Waals surface area contributed by atoms with Gasteiger partial charge in [0.05, 0.1) is 14.2 Å². The number of allylic oxidation sites excluding steroid dienone is 5. The molecular formula is C15H16O2. The summed E-state index contributed by atoms with van der Waals surface area (Å²) >= 11 is 0. The lowest BCUT2D eigenvalue weighted by Crippen LogP contribution is -1.88. The molecule has 0 aliphatic heterocycles. The maximum Gasteiger partial charge on any atom is 0.123 e.